The summed E-state index contributed by atoms with van der Waals surface area (Å²) in [6.07, 6.45) is 4.93. The Morgan fingerprint density at radius 3 is 1.49 bits per heavy atom. The van der Waals surface area contributed by atoms with Crippen molar-refractivity contribution < 1.29 is 63.0 Å². The molecule has 0 unspecified atom stereocenters. The summed E-state index contributed by atoms with van der Waals surface area (Å²) >= 11 is 0. The number of hydrogen-bond acceptors (Lipinski definition) is 18. The highest BCUT2D eigenvalue weighted by Crippen LogP contribution is 2.21. The number of aliphatic imine (C=N–C) groups is 1. The second-order valence-electron chi connectivity index (χ2n) is 22.3. The minimum atomic E-state index is -1.34. The van der Waals surface area contributed by atoms with Crippen LogP contribution in [-0.2, 0) is 59.2 Å². The van der Waals surface area contributed by atoms with Gasteiger partial charge in [0.15, 0.2) is 5.96 Å². The smallest absolute Gasteiger partial charge is 0.303 e. The van der Waals surface area contributed by atoms with Gasteiger partial charge in [0, 0.05) is 19.5 Å². The molecule has 1 heterocycles. The van der Waals surface area contributed by atoms with Crippen LogP contribution in [0.25, 0.3) is 0 Å². The molecule has 0 aliphatic carbocycles. The van der Waals surface area contributed by atoms with Crippen molar-refractivity contribution in [3.8, 4) is 5.75 Å². The van der Waals surface area contributed by atoms with Crippen LogP contribution in [0.4, 0.5) is 0 Å². The van der Waals surface area contributed by atoms with E-state index < -0.39 is 132 Å². The first-order chi connectivity index (χ1) is 41.9. The fraction of sp³-hybridized carbons (Fsp3) is 0.690. The Morgan fingerprint density at radius 1 is 0.602 bits per heavy atom. The maximum atomic E-state index is 14.4. The number of guanidine groups is 1. The highest BCUT2D eigenvalue weighted by molar-refractivity contribution is 5.98. The van der Waals surface area contributed by atoms with Crippen LogP contribution in [-0.4, -0.2) is 186 Å². The molecule has 30 heteroatoms. The van der Waals surface area contributed by atoms with Crippen LogP contribution in [0, 0.1) is 5.92 Å². The van der Waals surface area contributed by atoms with E-state index in [0.29, 0.717) is 89.0 Å². The van der Waals surface area contributed by atoms with E-state index in [4.69, 9.17) is 45.2 Å². The lowest BCUT2D eigenvalue weighted by molar-refractivity contribution is -0.140. The highest BCUT2D eigenvalue weighted by Gasteiger charge is 2.39. The number of nitrogens with zero attached hydrogens (tertiary/aromatic N) is 2. The monoisotopic (exact) mass is 1240 g/mol. The van der Waals surface area contributed by atoms with Crippen molar-refractivity contribution in [2.75, 3.05) is 39.3 Å². The Morgan fingerprint density at radius 2 is 1.05 bits per heavy atom. The van der Waals surface area contributed by atoms with Gasteiger partial charge >= 0.3 is 5.97 Å². The summed E-state index contributed by atoms with van der Waals surface area (Å²) in [5.41, 5.74) is 41.3. The van der Waals surface area contributed by atoms with Gasteiger partial charge in [-0.25, -0.2) is 0 Å². The molecule has 1 saturated heterocycles. The lowest BCUT2D eigenvalue weighted by Crippen LogP contribution is -2.60. The van der Waals surface area contributed by atoms with Crippen LogP contribution < -0.4 is 82.7 Å². The molecule has 0 radical (unpaired) electrons. The highest BCUT2D eigenvalue weighted by atomic mass is 16.4. The Kier molecular flexibility index (Phi) is 36.9. The summed E-state index contributed by atoms with van der Waals surface area (Å²) < 4.78 is 0. The number of amides is 9. The average Bonchev–Trinajstić information content (AvgIpc) is 4.08. The van der Waals surface area contributed by atoms with Crippen molar-refractivity contribution in [2.24, 2.45) is 51.0 Å². The number of nitrogens with one attached hydrogen (secondary N) is 8. The van der Waals surface area contributed by atoms with Gasteiger partial charge in [-0.2, -0.15) is 0 Å². The van der Waals surface area contributed by atoms with Crippen molar-refractivity contribution in [3.63, 3.8) is 0 Å². The summed E-state index contributed by atoms with van der Waals surface area (Å²) in [5, 5.41) is 40.3. The molecule has 1 fully saturated rings. The molecule has 0 spiro atoms. The van der Waals surface area contributed by atoms with Crippen molar-refractivity contribution in [2.45, 2.75) is 210 Å². The average molecular weight is 1240 g/mol. The number of benzene rings is 1. The van der Waals surface area contributed by atoms with Crippen LogP contribution in [0.2, 0.25) is 0 Å². The molecule has 88 heavy (non-hydrogen) atoms. The van der Waals surface area contributed by atoms with Crippen molar-refractivity contribution >= 4 is 71.4 Å². The third-order valence-corrected chi connectivity index (χ3v) is 15.2. The summed E-state index contributed by atoms with van der Waals surface area (Å²) in [7, 11) is 0. The van der Waals surface area contributed by atoms with Gasteiger partial charge in [-0.3, -0.25) is 52.9 Å². The molecule has 1 aromatic rings. The molecular formula is C58H101N17O13. The molecular weight excluding hydrogens is 1140 g/mol. The second-order valence-corrected chi connectivity index (χ2v) is 22.3. The van der Waals surface area contributed by atoms with Crippen molar-refractivity contribution in [1.29, 1.82) is 0 Å². The van der Waals surface area contributed by atoms with E-state index in [-0.39, 0.29) is 95.8 Å². The van der Waals surface area contributed by atoms with Gasteiger partial charge < -0.3 is 103 Å². The van der Waals surface area contributed by atoms with E-state index in [1.807, 2.05) is 0 Å². The molecule has 1 aliphatic heterocycles. The minimum Gasteiger partial charge on any atom is -0.508 e. The van der Waals surface area contributed by atoms with E-state index in [1.165, 1.54) is 24.0 Å². The van der Waals surface area contributed by atoms with Crippen LogP contribution in [0.3, 0.4) is 0 Å². The number of nitrogens with two attached hydrogens (primary N) is 7. The van der Waals surface area contributed by atoms with Gasteiger partial charge in [-0.1, -0.05) is 32.4 Å². The van der Waals surface area contributed by atoms with Gasteiger partial charge in [-0.05, 0) is 172 Å². The number of aromatic hydroxyl groups is 1. The molecule has 496 valence electrons. The molecule has 0 aromatic heterocycles. The van der Waals surface area contributed by atoms with Crippen molar-refractivity contribution in [3.05, 3.63) is 29.8 Å². The Balaban J connectivity index is 2.39. The molecule has 0 saturated carbocycles. The number of carbonyl (C=O) groups is 11. The number of hydrogen-bond donors (Lipinski definition) is 17. The Bertz CT molecular complexity index is 2420. The Hall–Kier alpha value is -7.54. The predicted molar refractivity (Wildman–Crippen MR) is 330 cm³/mol. The number of likely N-dealkylation sites (tertiary alicyclic amines) is 1. The number of rotatable bonds is 45. The molecule has 2 rings (SSSR count). The fourth-order valence-electron chi connectivity index (χ4n) is 9.75. The molecule has 30 nitrogen and oxygen atoms in total. The normalized spacial score (nSPS) is 16.3. The molecule has 1 aromatic carbocycles. The van der Waals surface area contributed by atoms with Crippen molar-refractivity contribution in [1.82, 2.24) is 47.4 Å². The second kappa shape index (κ2) is 42.4. The zero-order chi connectivity index (χ0) is 65.7. The van der Waals surface area contributed by atoms with Gasteiger partial charge in [0.2, 0.25) is 53.2 Å². The van der Waals surface area contributed by atoms with Crippen LogP contribution >= 0.6 is 0 Å². The first-order valence-electron chi connectivity index (χ1n) is 30.7. The van der Waals surface area contributed by atoms with E-state index >= 15 is 0 Å². The molecule has 1 aliphatic rings. The lowest BCUT2D eigenvalue weighted by atomic mass is 9.97. The summed E-state index contributed by atoms with van der Waals surface area (Å²) in [4.78, 5) is 155. The molecule has 0 bridgehead atoms. The first-order valence-corrected chi connectivity index (χ1v) is 30.7. The fourth-order valence-corrected chi connectivity index (χ4v) is 9.75. The SMILES string of the molecule is CC[C@H](C)[C@H](NC(=O)[C@H](CCCN=C(N)N)NC(=O)[C@H](C)NC(=O)[C@H](CCCCN)NC(=O)[C@H](CCCCN)NC(=O)[C@H](CCCCN)NC(=O)[C@H](CCCCN)NC(=O)[C@@H]1CCCN1C(=O)[C@@H](N)Cc1ccc(O)cc1)C(=O)N[C@H](C=O)CCC(=O)O. The largest absolute Gasteiger partial charge is 0.508 e. The third-order valence-electron chi connectivity index (χ3n) is 15.2. The summed E-state index contributed by atoms with van der Waals surface area (Å²) in [6.45, 7) is 6.17. The zero-order valence-corrected chi connectivity index (χ0v) is 51.4. The number of aliphatic carboxylic acids is 1. The van der Waals surface area contributed by atoms with E-state index in [1.54, 1.807) is 26.0 Å². The molecule has 24 N–H and O–H groups in total. The number of unbranched alkanes of at least 4 members (excludes halogenated alkanes) is 4. The lowest BCUT2D eigenvalue weighted by Gasteiger charge is -2.29. The number of carboxylic acids is 1. The maximum Gasteiger partial charge on any atom is 0.303 e. The van der Waals surface area contributed by atoms with Crippen LogP contribution in [0.15, 0.2) is 29.3 Å². The van der Waals surface area contributed by atoms with E-state index in [9.17, 15) is 57.8 Å². The zero-order valence-electron chi connectivity index (χ0n) is 51.4. The Labute approximate surface area is 515 Å². The number of phenolic OH excluding ortho intramolecular Hbond substituents is 1. The van der Waals surface area contributed by atoms with Crippen LogP contribution in [0.1, 0.15) is 148 Å². The molecule has 11 atom stereocenters. The van der Waals surface area contributed by atoms with Gasteiger partial charge in [0.25, 0.3) is 0 Å². The first kappa shape index (κ1) is 76.6. The quantitative estimate of drug-likeness (QED) is 0.0133. The third kappa shape index (κ3) is 28.5. The molecule has 9 amide bonds. The number of phenols is 1. The topological polar surface area (TPSA) is 522 Å². The number of carbonyl (C=O) groups excluding carboxylic acids is 10. The minimum absolute atomic E-state index is 0.0388. The summed E-state index contributed by atoms with van der Waals surface area (Å²) in [6, 6.07) is -5.71. The maximum absolute atomic E-state index is 14.4. The predicted octanol–water partition coefficient (Wildman–Crippen LogP) is -3.17. The number of carboxylic acid groups (broad SMARTS) is 1. The summed E-state index contributed by atoms with van der Waals surface area (Å²) in [5.74, 6) is -8.31. The van der Waals surface area contributed by atoms with Gasteiger partial charge in [-0.15, -0.1) is 0 Å². The standard InChI is InChI=1S/C58H101N17O13/c1-4-35(2)48(56(87)68-38(34-76)23-26-47(78)79)74-54(85)45(19-13-31-66-58(64)65)69-49(80)36(3)67-50(81)41(15-5-9-27-59)70-51(82)42(16-6-10-28-60)71-52(83)43(17-7-11-29-61)72-53(84)44(18-8-12-30-62)73-55(86)46-20-14-32-75(46)57(88)40(63)33-37-21-24-39(77)25-22-37/h21-22,24-25,34-36,38,40-46,48,77H,4-20,23,26-33,59-63H2,1-3H3,(H,67,81)(H,68,87)(H,69,80)(H,70,82)(H,71,83)(H,72,84)(H,73,86)(H,74,85)(H,78,79)(H4,64,65,66)/t35-,36-,38-,40-,41-,42-,43-,44-,45-,46-,48-/m0/s1. The van der Waals surface area contributed by atoms with E-state index in [2.05, 4.69) is 47.5 Å². The van der Waals surface area contributed by atoms with Gasteiger partial charge in [0.1, 0.15) is 60.4 Å². The number of aldehydes is 1. The van der Waals surface area contributed by atoms with E-state index in [0.717, 1.165) is 0 Å². The van der Waals surface area contributed by atoms with Crippen LogP contribution in [0.5, 0.6) is 5.75 Å². The van der Waals surface area contributed by atoms with Gasteiger partial charge in [0.05, 0.1) is 12.1 Å².